The fraction of sp³-hybridized carbons (Fsp3) is 0.0667. The van der Waals surface area contributed by atoms with Gasteiger partial charge in [-0.05, 0) is 24.4 Å². The summed E-state index contributed by atoms with van der Waals surface area (Å²) in [5.41, 5.74) is 0.462. The maximum Gasteiger partial charge on any atom is 0.435 e. The average molecular weight is 359 g/mol. The largest absolute Gasteiger partial charge is 0.435 e. The highest BCUT2D eigenvalue weighted by Crippen LogP contribution is 2.22. The molecule has 0 radical (unpaired) electrons. The van der Waals surface area contributed by atoms with Gasteiger partial charge in [0.25, 0.3) is 0 Å². The van der Waals surface area contributed by atoms with Crippen LogP contribution in [0.15, 0.2) is 53.6 Å². The average Bonchev–Trinajstić information content (AvgIpc) is 2.50. The fourth-order valence-electron chi connectivity index (χ4n) is 1.74. The minimum Gasteiger partial charge on any atom is -0.329 e. The number of hydrogen-bond donors (Lipinski definition) is 2. The van der Waals surface area contributed by atoms with Crippen LogP contribution in [0.5, 0.6) is 0 Å². The van der Waals surface area contributed by atoms with Crippen LogP contribution in [-0.4, -0.2) is 17.0 Å². The number of benzene rings is 2. The van der Waals surface area contributed by atoms with E-state index >= 15 is 0 Å². The first-order valence-corrected chi connectivity index (χ1v) is 6.90. The highest BCUT2D eigenvalue weighted by atomic mass is 32.1. The molecule has 0 aromatic heterocycles. The summed E-state index contributed by atoms with van der Waals surface area (Å²) in [4.78, 5) is 0. The zero-order valence-electron chi connectivity index (χ0n) is 11.9. The summed E-state index contributed by atoms with van der Waals surface area (Å²) >= 11 is 4.76. The molecule has 2 aromatic rings. The van der Waals surface area contributed by atoms with E-state index in [2.05, 4.69) is 10.4 Å². The maximum atomic E-state index is 13.5. The number of anilines is 1. The number of nitrogens with zero attached hydrogens (tertiary/aromatic N) is 1. The van der Waals surface area contributed by atoms with Crippen molar-refractivity contribution in [3.05, 3.63) is 65.7 Å². The van der Waals surface area contributed by atoms with Gasteiger partial charge in [0.05, 0.1) is 5.69 Å². The lowest BCUT2D eigenvalue weighted by molar-refractivity contribution is -0.0583. The van der Waals surface area contributed by atoms with E-state index in [9.17, 15) is 22.0 Å². The topological polar surface area (TPSA) is 36.4 Å². The number of rotatable bonds is 3. The summed E-state index contributed by atoms with van der Waals surface area (Å²) in [6.45, 7) is 0. The van der Waals surface area contributed by atoms with Gasteiger partial charge in [-0.1, -0.05) is 30.3 Å². The van der Waals surface area contributed by atoms with Crippen molar-refractivity contribution >= 4 is 28.7 Å². The number of hydrazone groups is 1. The Morgan fingerprint density at radius 1 is 1.00 bits per heavy atom. The van der Waals surface area contributed by atoms with Crippen LogP contribution in [0.4, 0.5) is 27.6 Å². The zero-order valence-corrected chi connectivity index (χ0v) is 12.7. The molecule has 0 fully saturated rings. The van der Waals surface area contributed by atoms with Gasteiger partial charge in [0, 0.05) is 11.6 Å². The molecule has 0 heterocycles. The standard InChI is InChI=1S/C15H10F5N3S/c16-10-6-7-12(11(17)8-10)21-14(24)23-22-13(15(18,19)20)9-4-2-1-3-5-9/h1-8H,(H2,21,23,24)/b22-13+. The van der Waals surface area contributed by atoms with E-state index in [1.54, 1.807) is 6.07 Å². The Bertz CT molecular complexity index is 759. The first-order valence-electron chi connectivity index (χ1n) is 6.49. The van der Waals surface area contributed by atoms with Crippen LogP contribution in [-0.2, 0) is 0 Å². The van der Waals surface area contributed by atoms with Crippen LogP contribution in [0.25, 0.3) is 0 Å². The third kappa shape index (κ3) is 4.72. The van der Waals surface area contributed by atoms with Gasteiger partial charge in [0.1, 0.15) is 11.6 Å². The molecule has 0 aliphatic carbocycles. The molecule has 0 atom stereocenters. The number of hydrogen-bond acceptors (Lipinski definition) is 2. The van der Waals surface area contributed by atoms with Gasteiger partial charge in [0.2, 0.25) is 0 Å². The zero-order chi connectivity index (χ0) is 17.7. The molecule has 0 aliphatic heterocycles. The van der Waals surface area contributed by atoms with E-state index in [0.717, 1.165) is 12.1 Å². The summed E-state index contributed by atoms with van der Waals surface area (Å²) in [6.07, 6.45) is -4.72. The monoisotopic (exact) mass is 359 g/mol. The van der Waals surface area contributed by atoms with Gasteiger partial charge in [-0.15, -0.1) is 0 Å². The van der Waals surface area contributed by atoms with Crippen LogP contribution in [0.3, 0.4) is 0 Å². The lowest BCUT2D eigenvalue weighted by atomic mass is 10.1. The lowest BCUT2D eigenvalue weighted by Crippen LogP contribution is -2.31. The van der Waals surface area contributed by atoms with E-state index in [-0.39, 0.29) is 16.4 Å². The normalized spacial score (nSPS) is 12.0. The van der Waals surface area contributed by atoms with E-state index in [1.807, 2.05) is 5.43 Å². The van der Waals surface area contributed by atoms with Crippen molar-refractivity contribution in [1.82, 2.24) is 5.43 Å². The van der Waals surface area contributed by atoms with Gasteiger partial charge in [0.15, 0.2) is 10.8 Å². The van der Waals surface area contributed by atoms with Crippen molar-refractivity contribution in [2.45, 2.75) is 6.18 Å². The molecule has 0 saturated carbocycles. The van der Waals surface area contributed by atoms with Gasteiger partial charge in [-0.25, -0.2) is 8.78 Å². The predicted octanol–water partition coefficient (Wildman–Crippen LogP) is 4.22. The van der Waals surface area contributed by atoms with Gasteiger partial charge >= 0.3 is 6.18 Å². The van der Waals surface area contributed by atoms with Crippen molar-refractivity contribution in [2.75, 3.05) is 5.32 Å². The third-order valence-electron chi connectivity index (χ3n) is 2.76. The Hall–Kier alpha value is -2.55. The SMILES string of the molecule is Fc1ccc(NC(=S)N/N=C(\c2ccccc2)C(F)(F)F)c(F)c1. The number of halogens is 5. The first kappa shape index (κ1) is 17.8. The lowest BCUT2D eigenvalue weighted by Gasteiger charge is -2.12. The molecule has 0 aliphatic rings. The van der Waals surface area contributed by atoms with Crippen LogP contribution < -0.4 is 10.7 Å². The molecule has 24 heavy (non-hydrogen) atoms. The summed E-state index contributed by atoms with van der Waals surface area (Å²) in [7, 11) is 0. The smallest absolute Gasteiger partial charge is 0.329 e. The second kappa shape index (κ2) is 7.35. The van der Waals surface area contributed by atoms with Crippen LogP contribution >= 0.6 is 12.2 Å². The second-order valence-electron chi connectivity index (χ2n) is 4.51. The molecular formula is C15H10F5N3S. The van der Waals surface area contributed by atoms with Crippen molar-refractivity contribution in [3.63, 3.8) is 0 Å². The van der Waals surface area contributed by atoms with E-state index in [0.29, 0.717) is 6.07 Å². The number of thiocarbonyl (C=S) groups is 1. The highest BCUT2D eigenvalue weighted by Gasteiger charge is 2.37. The Labute approximate surface area is 139 Å². The molecule has 2 rings (SSSR count). The quantitative estimate of drug-likeness (QED) is 0.373. The third-order valence-corrected chi connectivity index (χ3v) is 2.96. The number of alkyl halides is 3. The molecule has 0 saturated heterocycles. The van der Waals surface area contributed by atoms with Crippen molar-refractivity contribution in [2.24, 2.45) is 5.10 Å². The molecule has 0 spiro atoms. The van der Waals surface area contributed by atoms with Gasteiger partial charge in [-0.3, -0.25) is 5.43 Å². The first-order chi connectivity index (χ1) is 11.3. The van der Waals surface area contributed by atoms with E-state index in [1.165, 1.54) is 24.3 Å². The summed E-state index contributed by atoms with van der Waals surface area (Å²) in [5.74, 6) is -1.74. The fourth-order valence-corrected chi connectivity index (χ4v) is 1.89. The van der Waals surface area contributed by atoms with Gasteiger partial charge < -0.3 is 5.32 Å². The Balaban J connectivity index is 2.15. The van der Waals surface area contributed by atoms with Crippen molar-refractivity contribution in [1.29, 1.82) is 0 Å². The Morgan fingerprint density at radius 2 is 1.67 bits per heavy atom. The predicted molar refractivity (Wildman–Crippen MR) is 84.7 cm³/mol. The summed E-state index contributed by atoms with van der Waals surface area (Å²) < 4.78 is 65.4. The molecular weight excluding hydrogens is 349 g/mol. The van der Waals surface area contributed by atoms with Crippen molar-refractivity contribution < 1.29 is 22.0 Å². The van der Waals surface area contributed by atoms with Crippen LogP contribution in [0.2, 0.25) is 0 Å². The Morgan fingerprint density at radius 3 is 2.25 bits per heavy atom. The van der Waals surface area contributed by atoms with E-state index in [4.69, 9.17) is 12.2 Å². The minimum atomic E-state index is -4.72. The maximum absolute atomic E-state index is 13.5. The van der Waals surface area contributed by atoms with Crippen LogP contribution in [0.1, 0.15) is 5.56 Å². The molecule has 2 N–H and O–H groups in total. The second-order valence-corrected chi connectivity index (χ2v) is 4.92. The highest BCUT2D eigenvalue weighted by molar-refractivity contribution is 7.80. The molecule has 0 amide bonds. The van der Waals surface area contributed by atoms with Gasteiger partial charge in [-0.2, -0.15) is 18.3 Å². The molecule has 9 heteroatoms. The van der Waals surface area contributed by atoms with E-state index < -0.39 is 23.5 Å². The summed E-state index contributed by atoms with van der Waals surface area (Å²) in [5, 5.41) is 5.17. The van der Waals surface area contributed by atoms with Crippen LogP contribution in [0, 0.1) is 11.6 Å². The molecule has 126 valence electrons. The summed E-state index contributed by atoms with van der Waals surface area (Å²) in [6, 6.07) is 9.55. The molecule has 2 aromatic carbocycles. The molecule has 0 unspecified atom stereocenters. The molecule has 3 nitrogen and oxygen atoms in total. The Kier molecular flexibility index (Phi) is 5.45. The molecule has 0 bridgehead atoms. The minimum absolute atomic E-state index is 0.159. The number of nitrogens with one attached hydrogen (secondary N) is 2. The van der Waals surface area contributed by atoms with Crippen molar-refractivity contribution in [3.8, 4) is 0 Å².